The number of para-hydroxylation sites is 1. The van der Waals surface area contributed by atoms with E-state index in [0.717, 1.165) is 49.4 Å². The highest BCUT2D eigenvalue weighted by molar-refractivity contribution is 5.98. The smallest absolute Gasteiger partial charge is 0.287 e. The average molecular weight is 325 g/mol. The lowest BCUT2D eigenvalue weighted by Crippen LogP contribution is -2.41. The molecule has 1 N–H and O–H groups in total. The molecule has 0 atom stereocenters. The highest BCUT2D eigenvalue weighted by atomic mass is 35.5. The molecule has 6 heteroatoms. The van der Waals surface area contributed by atoms with Crippen molar-refractivity contribution in [3.05, 3.63) is 35.6 Å². The van der Waals surface area contributed by atoms with Crippen LogP contribution in [0.25, 0.3) is 11.0 Å². The zero-order valence-electron chi connectivity index (χ0n) is 12.6. The fraction of sp³-hybridized carbons (Fsp3) is 0.438. The van der Waals surface area contributed by atoms with E-state index in [1.807, 2.05) is 31.2 Å². The van der Waals surface area contributed by atoms with Gasteiger partial charge in [-0.1, -0.05) is 18.2 Å². The van der Waals surface area contributed by atoms with E-state index in [4.69, 9.17) is 9.15 Å². The number of benzene rings is 1. The van der Waals surface area contributed by atoms with E-state index >= 15 is 0 Å². The van der Waals surface area contributed by atoms with Crippen molar-refractivity contribution in [2.45, 2.75) is 6.92 Å². The maximum atomic E-state index is 12.2. The molecular formula is C16H21ClN2O3. The number of carbonyl (C=O) groups excluding carboxylic acids is 1. The van der Waals surface area contributed by atoms with Crippen LogP contribution in [-0.2, 0) is 4.74 Å². The van der Waals surface area contributed by atoms with Gasteiger partial charge in [-0.15, -0.1) is 12.4 Å². The number of fused-ring (bicyclic) bond motifs is 1. The molecule has 22 heavy (non-hydrogen) atoms. The second kappa shape index (κ2) is 7.63. The maximum Gasteiger partial charge on any atom is 0.287 e. The van der Waals surface area contributed by atoms with Crippen LogP contribution >= 0.6 is 12.4 Å². The molecule has 2 heterocycles. The third kappa shape index (κ3) is 3.61. The Bertz CT molecular complexity index is 635. The molecular weight excluding hydrogens is 304 g/mol. The van der Waals surface area contributed by atoms with E-state index in [9.17, 15) is 4.79 Å². The molecule has 1 saturated heterocycles. The van der Waals surface area contributed by atoms with Gasteiger partial charge in [0.15, 0.2) is 5.76 Å². The summed E-state index contributed by atoms with van der Waals surface area (Å²) in [7, 11) is 0. The van der Waals surface area contributed by atoms with Gasteiger partial charge in [0.1, 0.15) is 5.58 Å². The van der Waals surface area contributed by atoms with Crippen LogP contribution in [0, 0.1) is 6.92 Å². The second-order valence-corrected chi connectivity index (χ2v) is 5.26. The Labute approximate surface area is 136 Å². The number of morpholine rings is 1. The van der Waals surface area contributed by atoms with Crippen LogP contribution in [0.5, 0.6) is 0 Å². The van der Waals surface area contributed by atoms with Crippen molar-refractivity contribution in [2.75, 3.05) is 39.4 Å². The van der Waals surface area contributed by atoms with Crippen molar-refractivity contribution in [2.24, 2.45) is 0 Å². The molecule has 120 valence electrons. The van der Waals surface area contributed by atoms with Gasteiger partial charge in [-0.3, -0.25) is 9.69 Å². The molecule has 0 spiro atoms. The largest absolute Gasteiger partial charge is 0.451 e. The minimum Gasteiger partial charge on any atom is -0.451 e. The van der Waals surface area contributed by atoms with Crippen LogP contribution in [-0.4, -0.2) is 50.2 Å². The van der Waals surface area contributed by atoms with Crippen molar-refractivity contribution in [1.29, 1.82) is 0 Å². The molecule has 0 unspecified atom stereocenters. The van der Waals surface area contributed by atoms with Crippen LogP contribution in [0.15, 0.2) is 28.7 Å². The Kier molecular flexibility index (Phi) is 5.83. The van der Waals surface area contributed by atoms with Crippen molar-refractivity contribution >= 4 is 29.3 Å². The highest BCUT2D eigenvalue weighted by Crippen LogP contribution is 2.24. The Morgan fingerprint density at radius 3 is 2.73 bits per heavy atom. The Morgan fingerprint density at radius 1 is 1.27 bits per heavy atom. The number of rotatable bonds is 4. The highest BCUT2D eigenvalue weighted by Gasteiger charge is 2.17. The first-order chi connectivity index (χ1) is 10.3. The predicted octanol–water partition coefficient (Wildman–Crippen LogP) is 2.23. The van der Waals surface area contributed by atoms with Crippen LogP contribution in [0.1, 0.15) is 16.1 Å². The summed E-state index contributed by atoms with van der Waals surface area (Å²) in [6.45, 7) is 6.79. The third-order valence-electron chi connectivity index (χ3n) is 3.87. The van der Waals surface area contributed by atoms with E-state index in [1.54, 1.807) is 0 Å². The zero-order valence-corrected chi connectivity index (χ0v) is 13.4. The van der Waals surface area contributed by atoms with Gasteiger partial charge in [-0.05, 0) is 13.0 Å². The Morgan fingerprint density at radius 2 is 2.00 bits per heavy atom. The standard InChI is InChI=1S/C16H20N2O3.ClH/c1-12-13-4-2-3-5-14(13)21-15(12)16(19)17-6-7-18-8-10-20-11-9-18;/h2-5H,6-11H2,1H3,(H,17,19);1H. The van der Waals surface area contributed by atoms with Gasteiger partial charge in [0.2, 0.25) is 0 Å². The van der Waals surface area contributed by atoms with Gasteiger partial charge in [0, 0.05) is 37.1 Å². The number of ether oxygens (including phenoxy) is 1. The molecule has 0 saturated carbocycles. The fourth-order valence-electron chi connectivity index (χ4n) is 2.62. The SMILES string of the molecule is Cc1c(C(=O)NCCN2CCOCC2)oc2ccccc12.Cl. The molecule has 1 aromatic heterocycles. The molecule has 0 aliphatic carbocycles. The number of carbonyl (C=O) groups is 1. The summed E-state index contributed by atoms with van der Waals surface area (Å²) >= 11 is 0. The summed E-state index contributed by atoms with van der Waals surface area (Å²) < 4.78 is 11.0. The molecule has 3 rings (SSSR count). The summed E-state index contributed by atoms with van der Waals surface area (Å²) in [5.74, 6) is 0.273. The number of nitrogens with one attached hydrogen (secondary N) is 1. The van der Waals surface area contributed by atoms with Crippen molar-refractivity contribution in [3.63, 3.8) is 0 Å². The van der Waals surface area contributed by atoms with E-state index < -0.39 is 0 Å². The minimum absolute atomic E-state index is 0. The first-order valence-electron chi connectivity index (χ1n) is 7.32. The predicted molar refractivity (Wildman–Crippen MR) is 87.8 cm³/mol. The number of hydrogen-bond acceptors (Lipinski definition) is 4. The molecule has 1 amide bonds. The average Bonchev–Trinajstić information content (AvgIpc) is 2.86. The summed E-state index contributed by atoms with van der Waals surface area (Å²) in [6.07, 6.45) is 0. The first kappa shape index (κ1) is 16.8. The summed E-state index contributed by atoms with van der Waals surface area (Å²) in [6, 6.07) is 7.71. The quantitative estimate of drug-likeness (QED) is 0.937. The van der Waals surface area contributed by atoms with Crippen LogP contribution in [0.4, 0.5) is 0 Å². The van der Waals surface area contributed by atoms with Crippen LogP contribution in [0.3, 0.4) is 0 Å². The van der Waals surface area contributed by atoms with Gasteiger partial charge in [0.05, 0.1) is 13.2 Å². The van der Waals surface area contributed by atoms with Crippen molar-refractivity contribution < 1.29 is 13.9 Å². The number of furan rings is 1. The maximum absolute atomic E-state index is 12.2. The van der Waals surface area contributed by atoms with Crippen molar-refractivity contribution in [3.8, 4) is 0 Å². The van der Waals surface area contributed by atoms with Crippen LogP contribution < -0.4 is 5.32 Å². The summed E-state index contributed by atoms with van der Waals surface area (Å²) in [5.41, 5.74) is 1.66. The van der Waals surface area contributed by atoms with Gasteiger partial charge in [-0.2, -0.15) is 0 Å². The summed E-state index contributed by atoms with van der Waals surface area (Å²) in [5, 5.41) is 3.93. The fourth-order valence-corrected chi connectivity index (χ4v) is 2.62. The lowest BCUT2D eigenvalue weighted by Gasteiger charge is -2.26. The lowest BCUT2D eigenvalue weighted by molar-refractivity contribution is 0.0382. The number of amides is 1. The van der Waals surface area contributed by atoms with E-state index in [0.29, 0.717) is 12.3 Å². The first-order valence-corrected chi connectivity index (χ1v) is 7.32. The van der Waals surface area contributed by atoms with E-state index in [-0.39, 0.29) is 18.3 Å². The van der Waals surface area contributed by atoms with Crippen molar-refractivity contribution in [1.82, 2.24) is 10.2 Å². The third-order valence-corrected chi connectivity index (χ3v) is 3.87. The molecule has 1 aliphatic heterocycles. The molecule has 0 radical (unpaired) electrons. The molecule has 0 bridgehead atoms. The summed E-state index contributed by atoms with van der Waals surface area (Å²) in [4.78, 5) is 14.5. The monoisotopic (exact) mass is 324 g/mol. The molecule has 1 aliphatic rings. The van der Waals surface area contributed by atoms with Gasteiger partial charge in [0.25, 0.3) is 5.91 Å². The Hall–Kier alpha value is -1.56. The zero-order chi connectivity index (χ0) is 14.7. The normalized spacial score (nSPS) is 15.5. The lowest BCUT2D eigenvalue weighted by atomic mass is 10.1. The topological polar surface area (TPSA) is 54.7 Å². The Balaban J connectivity index is 0.00000176. The van der Waals surface area contributed by atoms with Gasteiger partial charge >= 0.3 is 0 Å². The number of hydrogen-bond donors (Lipinski definition) is 1. The number of halogens is 1. The number of aryl methyl sites for hydroxylation is 1. The van der Waals surface area contributed by atoms with Crippen LogP contribution in [0.2, 0.25) is 0 Å². The van der Waals surface area contributed by atoms with E-state index in [1.165, 1.54) is 0 Å². The van der Waals surface area contributed by atoms with Gasteiger partial charge in [-0.25, -0.2) is 0 Å². The van der Waals surface area contributed by atoms with E-state index in [2.05, 4.69) is 10.2 Å². The number of nitrogens with zero attached hydrogens (tertiary/aromatic N) is 1. The second-order valence-electron chi connectivity index (χ2n) is 5.26. The minimum atomic E-state index is -0.142. The molecule has 1 aromatic carbocycles. The molecule has 5 nitrogen and oxygen atoms in total. The molecule has 2 aromatic rings. The van der Waals surface area contributed by atoms with Gasteiger partial charge < -0.3 is 14.5 Å². The molecule has 1 fully saturated rings.